The van der Waals surface area contributed by atoms with Crippen LogP contribution in [-0.2, 0) is 6.42 Å². The van der Waals surface area contributed by atoms with Crippen LogP contribution in [0, 0.1) is 12.3 Å². The van der Waals surface area contributed by atoms with E-state index in [1.807, 2.05) is 0 Å². The SMILES string of the molecule is Cc1nc(CCN(C)C(=O)NC2(C(C)(C)C)CC2)no1. The zero-order valence-corrected chi connectivity index (χ0v) is 13.0. The lowest BCUT2D eigenvalue weighted by Gasteiger charge is -2.33. The minimum Gasteiger partial charge on any atom is -0.340 e. The van der Waals surface area contributed by atoms with E-state index < -0.39 is 0 Å². The largest absolute Gasteiger partial charge is 0.340 e. The second-order valence-electron chi connectivity index (χ2n) is 6.66. The maximum Gasteiger partial charge on any atom is 0.317 e. The summed E-state index contributed by atoms with van der Waals surface area (Å²) in [6, 6.07) is -0.0300. The number of hydrogen-bond donors (Lipinski definition) is 1. The highest BCUT2D eigenvalue weighted by atomic mass is 16.5. The summed E-state index contributed by atoms with van der Waals surface area (Å²) in [6.07, 6.45) is 2.71. The third kappa shape index (κ3) is 3.11. The monoisotopic (exact) mass is 280 g/mol. The topological polar surface area (TPSA) is 71.3 Å². The van der Waals surface area contributed by atoms with Crippen molar-refractivity contribution >= 4 is 6.03 Å². The summed E-state index contributed by atoms with van der Waals surface area (Å²) < 4.78 is 4.91. The Morgan fingerprint density at radius 1 is 1.45 bits per heavy atom. The maximum absolute atomic E-state index is 12.2. The van der Waals surface area contributed by atoms with Crippen molar-refractivity contribution in [3.8, 4) is 0 Å². The van der Waals surface area contributed by atoms with Crippen molar-refractivity contribution in [3.63, 3.8) is 0 Å². The van der Waals surface area contributed by atoms with Gasteiger partial charge in [-0.05, 0) is 18.3 Å². The van der Waals surface area contributed by atoms with Crippen LogP contribution in [0.4, 0.5) is 4.79 Å². The number of amides is 2. The molecular formula is C14H24N4O2. The van der Waals surface area contributed by atoms with E-state index in [0.717, 1.165) is 12.8 Å². The van der Waals surface area contributed by atoms with Crippen LogP contribution in [0.2, 0.25) is 0 Å². The Morgan fingerprint density at radius 2 is 2.10 bits per heavy atom. The lowest BCUT2D eigenvalue weighted by atomic mass is 9.84. The van der Waals surface area contributed by atoms with Gasteiger partial charge in [-0.2, -0.15) is 4.98 Å². The molecule has 1 saturated carbocycles. The van der Waals surface area contributed by atoms with Gasteiger partial charge in [0.15, 0.2) is 5.82 Å². The molecule has 0 unspecified atom stereocenters. The summed E-state index contributed by atoms with van der Waals surface area (Å²) in [5.41, 5.74) is 0.0509. The Balaban J connectivity index is 1.84. The second-order valence-corrected chi connectivity index (χ2v) is 6.66. The number of nitrogens with zero attached hydrogens (tertiary/aromatic N) is 3. The van der Waals surface area contributed by atoms with Crippen molar-refractivity contribution in [2.75, 3.05) is 13.6 Å². The summed E-state index contributed by atoms with van der Waals surface area (Å²) in [6.45, 7) is 8.84. The van der Waals surface area contributed by atoms with Gasteiger partial charge in [0.05, 0.1) is 0 Å². The lowest BCUT2D eigenvalue weighted by molar-refractivity contribution is 0.182. The first-order valence-corrected chi connectivity index (χ1v) is 7.06. The number of hydrogen-bond acceptors (Lipinski definition) is 4. The number of rotatable bonds is 4. The van der Waals surface area contributed by atoms with Crippen LogP contribution in [0.5, 0.6) is 0 Å². The van der Waals surface area contributed by atoms with Gasteiger partial charge in [0.25, 0.3) is 0 Å². The van der Waals surface area contributed by atoms with Crippen molar-refractivity contribution < 1.29 is 9.32 Å². The highest BCUT2D eigenvalue weighted by Gasteiger charge is 2.53. The van der Waals surface area contributed by atoms with E-state index in [-0.39, 0.29) is 17.0 Å². The number of urea groups is 1. The molecule has 6 nitrogen and oxygen atoms in total. The Morgan fingerprint density at radius 3 is 2.55 bits per heavy atom. The van der Waals surface area contributed by atoms with Crippen LogP contribution in [0.1, 0.15) is 45.3 Å². The molecule has 6 heteroatoms. The molecule has 1 N–H and O–H groups in total. The van der Waals surface area contributed by atoms with E-state index in [9.17, 15) is 4.79 Å². The number of carbonyl (C=O) groups excluding carboxylic acids is 1. The molecule has 1 aliphatic carbocycles. The Kier molecular flexibility index (Phi) is 3.75. The zero-order chi connectivity index (χ0) is 15.0. The summed E-state index contributed by atoms with van der Waals surface area (Å²) in [4.78, 5) is 18.0. The first-order valence-electron chi connectivity index (χ1n) is 7.06. The van der Waals surface area contributed by atoms with E-state index in [1.54, 1.807) is 18.9 Å². The predicted molar refractivity (Wildman–Crippen MR) is 75.3 cm³/mol. The fourth-order valence-electron chi connectivity index (χ4n) is 2.30. The summed E-state index contributed by atoms with van der Waals surface area (Å²) in [5, 5.41) is 7.00. The van der Waals surface area contributed by atoms with Gasteiger partial charge in [0.2, 0.25) is 5.89 Å². The number of likely N-dealkylation sites (N-methyl/N-ethyl adjacent to an activating group) is 1. The molecule has 0 radical (unpaired) electrons. The average Bonchev–Trinajstić information content (AvgIpc) is 3.02. The van der Waals surface area contributed by atoms with E-state index in [4.69, 9.17) is 4.52 Å². The van der Waals surface area contributed by atoms with Gasteiger partial charge in [0, 0.05) is 32.5 Å². The van der Waals surface area contributed by atoms with Gasteiger partial charge in [0.1, 0.15) is 0 Å². The predicted octanol–water partition coefficient (Wildman–Crippen LogP) is 2.14. The van der Waals surface area contributed by atoms with Gasteiger partial charge in [-0.1, -0.05) is 25.9 Å². The zero-order valence-electron chi connectivity index (χ0n) is 13.0. The van der Waals surface area contributed by atoms with Crippen LogP contribution in [-0.4, -0.2) is 40.2 Å². The van der Waals surface area contributed by atoms with Crippen molar-refractivity contribution in [1.82, 2.24) is 20.4 Å². The first-order chi connectivity index (χ1) is 9.23. The number of aromatic nitrogens is 2. The van der Waals surface area contributed by atoms with Gasteiger partial charge >= 0.3 is 6.03 Å². The molecule has 0 spiro atoms. The summed E-state index contributed by atoms with van der Waals surface area (Å²) >= 11 is 0. The molecule has 1 aromatic rings. The Bertz CT molecular complexity index is 486. The number of aryl methyl sites for hydroxylation is 1. The third-order valence-corrected chi connectivity index (χ3v) is 4.12. The van der Waals surface area contributed by atoms with Crippen molar-refractivity contribution in [1.29, 1.82) is 0 Å². The van der Waals surface area contributed by atoms with Gasteiger partial charge < -0.3 is 14.7 Å². The Labute approximate surface area is 119 Å². The van der Waals surface area contributed by atoms with Crippen molar-refractivity contribution in [3.05, 3.63) is 11.7 Å². The lowest BCUT2D eigenvalue weighted by Crippen LogP contribution is -2.50. The summed E-state index contributed by atoms with van der Waals surface area (Å²) in [7, 11) is 1.79. The smallest absolute Gasteiger partial charge is 0.317 e. The standard InChI is InChI=1S/C14H24N4O2/c1-10-15-11(17-20-10)6-9-18(5)12(19)16-14(7-8-14)13(2,3)4/h6-9H2,1-5H3,(H,16,19). The molecule has 1 aromatic heterocycles. The van der Waals surface area contributed by atoms with E-state index >= 15 is 0 Å². The highest BCUT2D eigenvalue weighted by Crippen LogP contribution is 2.49. The molecule has 112 valence electrons. The molecule has 0 aliphatic heterocycles. The van der Waals surface area contributed by atoms with Crippen LogP contribution >= 0.6 is 0 Å². The van der Waals surface area contributed by atoms with Gasteiger partial charge in [-0.15, -0.1) is 0 Å². The molecule has 0 atom stereocenters. The minimum atomic E-state index is -0.0406. The minimum absolute atomic E-state index is 0.0300. The van der Waals surface area contributed by atoms with Crippen LogP contribution in [0.3, 0.4) is 0 Å². The van der Waals surface area contributed by atoms with Gasteiger partial charge in [-0.25, -0.2) is 4.79 Å². The third-order valence-electron chi connectivity index (χ3n) is 4.12. The molecule has 2 amide bonds. The highest BCUT2D eigenvalue weighted by molar-refractivity contribution is 5.75. The van der Waals surface area contributed by atoms with Gasteiger partial charge in [-0.3, -0.25) is 0 Å². The molecule has 2 rings (SSSR count). The molecular weight excluding hydrogens is 256 g/mol. The molecule has 0 bridgehead atoms. The quantitative estimate of drug-likeness (QED) is 0.917. The number of nitrogens with one attached hydrogen (secondary N) is 1. The first kappa shape index (κ1) is 14.8. The molecule has 20 heavy (non-hydrogen) atoms. The van der Waals surface area contributed by atoms with E-state index in [2.05, 4.69) is 36.2 Å². The van der Waals surface area contributed by atoms with Crippen LogP contribution < -0.4 is 5.32 Å². The normalized spacial score (nSPS) is 16.9. The van der Waals surface area contributed by atoms with Crippen LogP contribution in [0.15, 0.2) is 4.52 Å². The number of carbonyl (C=O) groups is 1. The fourth-order valence-corrected chi connectivity index (χ4v) is 2.30. The summed E-state index contributed by atoms with van der Waals surface area (Å²) in [5.74, 6) is 1.19. The van der Waals surface area contributed by atoms with Crippen molar-refractivity contribution in [2.24, 2.45) is 5.41 Å². The molecule has 1 aliphatic rings. The maximum atomic E-state index is 12.2. The molecule has 0 saturated heterocycles. The molecule has 1 heterocycles. The fraction of sp³-hybridized carbons (Fsp3) is 0.786. The van der Waals surface area contributed by atoms with Crippen molar-refractivity contribution in [2.45, 2.75) is 52.5 Å². The second kappa shape index (κ2) is 5.07. The average molecular weight is 280 g/mol. The molecule has 1 fully saturated rings. The van der Waals surface area contributed by atoms with E-state index in [1.165, 1.54) is 0 Å². The van der Waals surface area contributed by atoms with Crippen LogP contribution in [0.25, 0.3) is 0 Å². The van der Waals surface area contributed by atoms with E-state index in [0.29, 0.717) is 24.7 Å². The Hall–Kier alpha value is -1.59. The molecule has 0 aromatic carbocycles.